The molecule has 31 heavy (non-hydrogen) atoms. The maximum absolute atomic E-state index is 12.9. The van der Waals surface area contributed by atoms with Crippen LogP contribution in [0.2, 0.25) is 0 Å². The van der Waals surface area contributed by atoms with Crippen molar-refractivity contribution in [1.29, 1.82) is 0 Å². The number of nitrogens with two attached hydrogens (primary N) is 2. The molecule has 1 aliphatic heterocycles. The van der Waals surface area contributed by atoms with Gasteiger partial charge in [-0.15, -0.1) is 0 Å². The largest absolute Gasteiger partial charge is 0.495 e. The van der Waals surface area contributed by atoms with E-state index in [1.54, 1.807) is 25.6 Å². The first kappa shape index (κ1) is 20.2. The minimum atomic E-state index is -0.628. The van der Waals surface area contributed by atoms with Crippen molar-refractivity contribution in [3.8, 4) is 28.0 Å². The lowest BCUT2D eigenvalue weighted by atomic mass is 9.93. The number of hydrogen-bond acceptors (Lipinski definition) is 5. The van der Waals surface area contributed by atoms with Gasteiger partial charge in [-0.25, -0.2) is 0 Å². The van der Waals surface area contributed by atoms with E-state index in [1.807, 2.05) is 36.4 Å². The zero-order chi connectivity index (χ0) is 22.1. The average Bonchev–Trinajstić information content (AvgIpc) is 3.10. The Kier molecular flexibility index (Phi) is 5.17. The molecule has 2 amide bonds. The Balaban J connectivity index is 1.74. The predicted octanol–water partition coefficient (Wildman–Crippen LogP) is 3.00. The molecule has 1 aromatic heterocycles. The average molecular weight is 414 g/mol. The second-order valence-electron chi connectivity index (χ2n) is 7.38. The lowest BCUT2D eigenvalue weighted by molar-refractivity contribution is -0.114. The van der Waals surface area contributed by atoms with Gasteiger partial charge in [0.2, 0.25) is 5.91 Å². The Bertz CT molecular complexity index is 1220. The molecule has 2 aromatic carbocycles. The molecule has 7 heteroatoms. The van der Waals surface area contributed by atoms with Gasteiger partial charge in [0.1, 0.15) is 5.75 Å². The predicted molar refractivity (Wildman–Crippen MR) is 119 cm³/mol. The summed E-state index contributed by atoms with van der Waals surface area (Å²) in [6.45, 7) is 4.05. The minimum Gasteiger partial charge on any atom is -0.495 e. The van der Waals surface area contributed by atoms with Gasteiger partial charge in [-0.2, -0.15) is 0 Å². The molecule has 0 bridgehead atoms. The molecule has 3 aromatic rings. The zero-order valence-corrected chi connectivity index (χ0v) is 17.1. The van der Waals surface area contributed by atoms with Crippen molar-refractivity contribution in [3.05, 3.63) is 78.1 Å². The normalized spacial score (nSPS) is 12.5. The molecule has 7 nitrogen and oxygen atoms in total. The summed E-state index contributed by atoms with van der Waals surface area (Å²) in [5.74, 6) is -0.186. The fourth-order valence-electron chi connectivity index (χ4n) is 3.76. The van der Waals surface area contributed by atoms with E-state index in [0.29, 0.717) is 23.5 Å². The zero-order valence-electron chi connectivity index (χ0n) is 17.1. The van der Waals surface area contributed by atoms with Crippen molar-refractivity contribution < 1.29 is 14.3 Å². The third-order valence-corrected chi connectivity index (χ3v) is 5.38. The highest BCUT2D eigenvalue weighted by Crippen LogP contribution is 2.37. The number of benzene rings is 2. The van der Waals surface area contributed by atoms with E-state index in [1.165, 1.54) is 4.90 Å². The highest BCUT2D eigenvalue weighted by atomic mass is 16.5. The Labute approximate surface area is 180 Å². The van der Waals surface area contributed by atoms with E-state index in [0.717, 1.165) is 27.8 Å². The molecule has 0 aliphatic carbocycles. The molecule has 0 unspecified atom stereocenters. The van der Waals surface area contributed by atoms with Gasteiger partial charge in [0, 0.05) is 29.6 Å². The van der Waals surface area contributed by atoms with Crippen molar-refractivity contribution in [2.75, 3.05) is 19.4 Å². The molecule has 0 fully saturated rings. The standard InChI is InChI=1S/C24H22N4O3/c1-14(23(26)29)12-28-13-20-19(6-7-21(25)22(20)24(28)30)16-5-3-4-15(8-16)17-9-18(31-2)11-27-10-17/h3-11H,1,12-13,25H2,2H3,(H2,26,29). The van der Waals surface area contributed by atoms with Gasteiger partial charge in [0.15, 0.2) is 0 Å². The van der Waals surface area contributed by atoms with Gasteiger partial charge in [-0.1, -0.05) is 30.8 Å². The molecule has 0 spiro atoms. The monoisotopic (exact) mass is 414 g/mol. The third kappa shape index (κ3) is 3.73. The molecular formula is C24H22N4O3. The van der Waals surface area contributed by atoms with E-state index in [-0.39, 0.29) is 18.0 Å². The molecule has 156 valence electrons. The minimum absolute atomic E-state index is 0.0667. The number of methoxy groups -OCH3 is 1. The molecule has 2 heterocycles. The van der Waals surface area contributed by atoms with Crippen LogP contribution >= 0.6 is 0 Å². The van der Waals surface area contributed by atoms with Crippen LogP contribution in [-0.4, -0.2) is 35.4 Å². The summed E-state index contributed by atoms with van der Waals surface area (Å²) < 4.78 is 5.28. The number of nitrogens with zero attached hydrogens (tertiary/aromatic N) is 2. The summed E-state index contributed by atoms with van der Waals surface area (Å²) in [7, 11) is 1.60. The van der Waals surface area contributed by atoms with Gasteiger partial charge in [-0.05, 0) is 40.5 Å². The van der Waals surface area contributed by atoms with Crippen LogP contribution in [0.1, 0.15) is 15.9 Å². The number of anilines is 1. The van der Waals surface area contributed by atoms with Crippen LogP contribution < -0.4 is 16.2 Å². The Morgan fingerprint density at radius 1 is 1.16 bits per heavy atom. The molecular weight excluding hydrogens is 392 g/mol. The SMILES string of the molecule is C=C(CN1Cc2c(-c3cccc(-c4cncc(OC)c4)c3)ccc(N)c2C1=O)C(N)=O. The van der Waals surface area contributed by atoms with Crippen LogP contribution in [0.5, 0.6) is 5.75 Å². The van der Waals surface area contributed by atoms with Crippen LogP contribution in [0.3, 0.4) is 0 Å². The number of nitrogen functional groups attached to an aromatic ring is 1. The number of hydrogen-bond donors (Lipinski definition) is 2. The number of fused-ring (bicyclic) bond motifs is 1. The summed E-state index contributed by atoms with van der Waals surface area (Å²) in [6, 6.07) is 13.5. The highest BCUT2D eigenvalue weighted by molar-refractivity contribution is 6.06. The quantitative estimate of drug-likeness (QED) is 0.476. The maximum atomic E-state index is 12.9. The van der Waals surface area contributed by atoms with E-state index < -0.39 is 5.91 Å². The van der Waals surface area contributed by atoms with Gasteiger partial charge in [0.05, 0.1) is 25.4 Å². The van der Waals surface area contributed by atoms with Crippen LogP contribution in [0.25, 0.3) is 22.3 Å². The molecule has 0 radical (unpaired) electrons. The maximum Gasteiger partial charge on any atom is 0.256 e. The molecule has 0 atom stereocenters. The van der Waals surface area contributed by atoms with E-state index in [9.17, 15) is 9.59 Å². The molecule has 0 saturated carbocycles. The third-order valence-electron chi connectivity index (χ3n) is 5.38. The van der Waals surface area contributed by atoms with Crippen molar-refractivity contribution in [2.45, 2.75) is 6.54 Å². The molecule has 0 saturated heterocycles. The topological polar surface area (TPSA) is 112 Å². The van der Waals surface area contributed by atoms with Crippen molar-refractivity contribution >= 4 is 17.5 Å². The highest BCUT2D eigenvalue weighted by Gasteiger charge is 2.32. The fraction of sp³-hybridized carbons (Fsp3) is 0.125. The second kappa shape index (κ2) is 7.95. The molecule has 4 rings (SSSR count). The number of primary amides is 1. The van der Waals surface area contributed by atoms with Crippen LogP contribution in [0, 0.1) is 0 Å². The van der Waals surface area contributed by atoms with E-state index in [4.69, 9.17) is 16.2 Å². The Hall–Kier alpha value is -4.13. The Morgan fingerprint density at radius 3 is 2.68 bits per heavy atom. The first-order valence-corrected chi connectivity index (χ1v) is 9.67. The number of carbonyl (C=O) groups is 2. The molecule has 4 N–H and O–H groups in total. The van der Waals surface area contributed by atoms with E-state index in [2.05, 4.69) is 11.6 Å². The van der Waals surface area contributed by atoms with Gasteiger partial charge in [0.25, 0.3) is 5.91 Å². The number of carbonyl (C=O) groups excluding carboxylic acids is 2. The van der Waals surface area contributed by atoms with Crippen molar-refractivity contribution in [1.82, 2.24) is 9.88 Å². The number of pyridine rings is 1. The second-order valence-corrected chi connectivity index (χ2v) is 7.38. The molecule has 1 aliphatic rings. The fourth-order valence-corrected chi connectivity index (χ4v) is 3.76. The van der Waals surface area contributed by atoms with Crippen LogP contribution in [-0.2, 0) is 11.3 Å². The van der Waals surface area contributed by atoms with Crippen molar-refractivity contribution in [2.24, 2.45) is 5.73 Å². The smallest absolute Gasteiger partial charge is 0.256 e. The summed E-state index contributed by atoms with van der Waals surface area (Å²) in [5.41, 5.74) is 17.0. The number of aromatic nitrogens is 1. The van der Waals surface area contributed by atoms with Gasteiger partial charge >= 0.3 is 0 Å². The lowest BCUT2D eigenvalue weighted by Crippen LogP contribution is -2.30. The van der Waals surface area contributed by atoms with Gasteiger partial charge < -0.3 is 21.1 Å². The number of amides is 2. The Morgan fingerprint density at radius 2 is 1.94 bits per heavy atom. The summed E-state index contributed by atoms with van der Waals surface area (Å²) in [5, 5.41) is 0. The van der Waals surface area contributed by atoms with E-state index >= 15 is 0 Å². The summed E-state index contributed by atoms with van der Waals surface area (Å²) >= 11 is 0. The number of ether oxygens (including phenoxy) is 1. The van der Waals surface area contributed by atoms with Gasteiger partial charge in [-0.3, -0.25) is 14.6 Å². The van der Waals surface area contributed by atoms with Crippen molar-refractivity contribution in [3.63, 3.8) is 0 Å². The first-order chi connectivity index (χ1) is 14.9. The lowest BCUT2D eigenvalue weighted by Gasteiger charge is -2.16. The first-order valence-electron chi connectivity index (χ1n) is 9.67. The summed E-state index contributed by atoms with van der Waals surface area (Å²) in [6.07, 6.45) is 3.43. The summed E-state index contributed by atoms with van der Waals surface area (Å²) in [4.78, 5) is 30.1. The number of rotatable bonds is 6. The van der Waals surface area contributed by atoms with Crippen LogP contribution in [0.4, 0.5) is 5.69 Å². The van der Waals surface area contributed by atoms with Crippen LogP contribution in [0.15, 0.2) is 67.0 Å².